The van der Waals surface area contributed by atoms with Crippen LogP contribution < -0.4 is 5.32 Å². The van der Waals surface area contributed by atoms with E-state index in [-0.39, 0.29) is 6.04 Å². The zero-order chi connectivity index (χ0) is 13.5. The summed E-state index contributed by atoms with van der Waals surface area (Å²) in [4.78, 5) is 6.45. The molecule has 1 fully saturated rings. The van der Waals surface area contributed by atoms with Gasteiger partial charge in [0.15, 0.2) is 0 Å². The maximum atomic E-state index is 4.94. The molecule has 2 aromatic rings. The molecule has 0 amide bonds. The van der Waals surface area contributed by atoms with Gasteiger partial charge in [-0.1, -0.05) is 0 Å². The molecule has 1 atom stereocenters. The number of aryl methyl sites for hydroxylation is 3. The molecule has 1 N–H and O–H groups in total. The molecule has 2 aliphatic rings. The first-order valence-electron chi connectivity index (χ1n) is 7.52. The van der Waals surface area contributed by atoms with Gasteiger partial charge in [0.2, 0.25) is 0 Å². The molecule has 20 heavy (non-hydrogen) atoms. The van der Waals surface area contributed by atoms with Crippen molar-refractivity contribution in [3.8, 4) is 0 Å². The summed E-state index contributed by atoms with van der Waals surface area (Å²) in [6, 6.07) is 0.896. The Hall–Kier alpha value is -1.20. The Morgan fingerprint density at radius 2 is 2.20 bits per heavy atom. The van der Waals surface area contributed by atoms with E-state index in [1.165, 1.54) is 53.2 Å². The normalized spacial score (nSPS) is 19.9. The van der Waals surface area contributed by atoms with E-state index in [2.05, 4.69) is 16.6 Å². The van der Waals surface area contributed by atoms with Gasteiger partial charge in [0.1, 0.15) is 5.01 Å². The van der Waals surface area contributed by atoms with E-state index in [9.17, 15) is 0 Å². The van der Waals surface area contributed by atoms with Gasteiger partial charge in [-0.3, -0.25) is 4.68 Å². The van der Waals surface area contributed by atoms with Crippen molar-refractivity contribution < 1.29 is 0 Å². The molecule has 0 bridgehead atoms. The zero-order valence-corrected chi connectivity index (χ0v) is 12.6. The Morgan fingerprint density at radius 1 is 1.35 bits per heavy atom. The fourth-order valence-electron chi connectivity index (χ4n) is 2.88. The third-order valence-corrected chi connectivity index (χ3v) is 5.37. The van der Waals surface area contributed by atoms with Crippen LogP contribution in [0.1, 0.15) is 52.9 Å². The van der Waals surface area contributed by atoms with E-state index in [0.29, 0.717) is 6.04 Å². The number of nitrogens with zero attached hydrogens (tertiary/aromatic N) is 3. The number of rotatable bonds is 4. The van der Waals surface area contributed by atoms with Gasteiger partial charge in [0, 0.05) is 29.7 Å². The standard InChI is InChI=1S/C15H20N4S/c1-19-9-10(8-16-19)14(17-11-6-7-11)15-18-12-4-2-3-5-13(12)20-15/h8-9,11,14,17H,2-7H2,1H3. The van der Waals surface area contributed by atoms with Crippen LogP contribution >= 0.6 is 11.3 Å². The van der Waals surface area contributed by atoms with Gasteiger partial charge in [0.25, 0.3) is 0 Å². The minimum atomic E-state index is 0.229. The smallest absolute Gasteiger partial charge is 0.115 e. The number of aromatic nitrogens is 3. The van der Waals surface area contributed by atoms with E-state index in [1.54, 1.807) is 0 Å². The largest absolute Gasteiger partial charge is 0.301 e. The molecule has 0 radical (unpaired) electrons. The third kappa shape index (κ3) is 2.40. The SMILES string of the molecule is Cn1cc(C(NC2CC2)c2nc3c(s2)CCCC3)cn1. The highest BCUT2D eigenvalue weighted by atomic mass is 32.1. The molecule has 2 aliphatic carbocycles. The van der Waals surface area contributed by atoms with Crippen LogP contribution in [0.2, 0.25) is 0 Å². The second kappa shape index (κ2) is 4.97. The van der Waals surface area contributed by atoms with Crippen LogP contribution in [-0.4, -0.2) is 20.8 Å². The lowest BCUT2D eigenvalue weighted by molar-refractivity contribution is 0.593. The molecular weight excluding hydrogens is 268 g/mol. The van der Waals surface area contributed by atoms with Crippen molar-refractivity contribution in [2.45, 2.75) is 50.6 Å². The van der Waals surface area contributed by atoms with E-state index in [0.717, 1.165) is 6.42 Å². The number of nitrogens with one attached hydrogen (secondary N) is 1. The molecule has 2 aromatic heterocycles. The Balaban J connectivity index is 1.67. The summed E-state index contributed by atoms with van der Waals surface area (Å²) < 4.78 is 1.88. The summed E-state index contributed by atoms with van der Waals surface area (Å²) in [6.45, 7) is 0. The summed E-state index contributed by atoms with van der Waals surface area (Å²) in [5.74, 6) is 0. The summed E-state index contributed by atoms with van der Waals surface area (Å²) in [7, 11) is 1.98. The zero-order valence-electron chi connectivity index (χ0n) is 11.8. The predicted molar refractivity (Wildman–Crippen MR) is 80.0 cm³/mol. The monoisotopic (exact) mass is 288 g/mol. The number of hydrogen-bond acceptors (Lipinski definition) is 4. The fourth-order valence-corrected chi connectivity index (χ4v) is 4.12. The first kappa shape index (κ1) is 12.5. The highest BCUT2D eigenvalue weighted by Gasteiger charge is 2.29. The molecule has 4 rings (SSSR count). The summed E-state index contributed by atoms with van der Waals surface area (Å²) in [5.41, 5.74) is 2.59. The topological polar surface area (TPSA) is 42.7 Å². The van der Waals surface area contributed by atoms with Gasteiger partial charge >= 0.3 is 0 Å². The van der Waals surface area contributed by atoms with Crippen LogP contribution in [0.4, 0.5) is 0 Å². The van der Waals surface area contributed by atoms with Gasteiger partial charge in [-0.15, -0.1) is 11.3 Å². The molecule has 5 heteroatoms. The Morgan fingerprint density at radius 3 is 2.90 bits per heavy atom. The van der Waals surface area contributed by atoms with Gasteiger partial charge < -0.3 is 5.32 Å². The maximum absolute atomic E-state index is 4.94. The highest BCUT2D eigenvalue weighted by molar-refractivity contribution is 7.11. The molecule has 0 aromatic carbocycles. The van der Waals surface area contributed by atoms with Crippen LogP contribution in [0.3, 0.4) is 0 Å². The first-order chi connectivity index (χ1) is 9.79. The second-order valence-corrected chi connectivity index (χ2v) is 7.07. The van der Waals surface area contributed by atoms with Gasteiger partial charge in [0.05, 0.1) is 17.9 Å². The second-order valence-electron chi connectivity index (χ2n) is 5.95. The lowest BCUT2D eigenvalue weighted by Gasteiger charge is -2.14. The lowest BCUT2D eigenvalue weighted by atomic mass is 10.0. The minimum Gasteiger partial charge on any atom is -0.301 e. The Kier molecular flexibility index (Phi) is 3.11. The van der Waals surface area contributed by atoms with Crippen LogP contribution in [0.5, 0.6) is 0 Å². The van der Waals surface area contributed by atoms with Crippen molar-refractivity contribution in [1.82, 2.24) is 20.1 Å². The van der Waals surface area contributed by atoms with E-state index in [4.69, 9.17) is 4.98 Å². The van der Waals surface area contributed by atoms with Crippen LogP contribution in [0, 0.1) is 0 Å². The summed E-state index contributed by atoms with van der Waals surface area (Å²) in [5, 5.41) is 9.30. The van der Waals surface area contributed by atoms with Crippen molar-refractivity contribution >= 4 is 11.3 Å². The summed E-state index contributed by atoms with van der Waals surface area (Å²) in [6.07, 6.45) is 11.7. The Bertz CT molecular complexity index is 588. The highest BCUT2D eigenvalue weighted by Crippen LogP contribution is 2.34. The minimum absolute atomic E-state index is 0.229. The average Bonchev–Trinajstić information content (AvgIpc) is 3.01. The fraction of sp³-hybridized carbons (Fsp3) is 0.600. The third-order valence-electron chi connectivity index (χ3n) is 4.15. The van der Waals surface area contributed by atoms with Crippen LogP contribution in [0.25, 0.3) is 0 Å². The van der Waals surface area contributed by atoms with Crippen molar-refractivity contribution in [1.29, 1.82) is 0 Å². The van der Waals surface area contributed by atoms with E-state index < -0.39 is 0 Å². The van der Waals surface area contributed by atoms with Crippen molar-refractivity contribution in [3.63, 3.8) is 0 Å². The van der Waals surface area contributed by atoms with Crippen molar-refractivity contribution in [2.24, 2.45) is 7.05 Å². The number of thiazole rings is 1. The molecule has 1 saturated carbocycles. The molecule has 0 spiro atoms. The molecule has 106 valence electrons. The van der Waals surface area contributed by atoms with Crippen LogP contribution in [0.15, 0.2) is 12.4 Å². The van der Waals surface area contributed by atoms with Crippen molar-refractivity contribution in [3.05, 3.63) is 33.5 Å². The number of hydrogen-bond donors (Lipinski definition) is 1. The van der Waals surface area contributed by atoms with Gasteiger partial charge in [-0.05, 0) is 38.5 Å². The molecule has 4 nitrogen and oxygen atoms in total. The van der Waals surface area contributed by atoms with Crippen LogP contribution in [-0.2, 0) is 19.9 Å². The molecule has 0 aliphatic heterocycles. The molecule has 1 unspecified atom stereocenters. The molecular formula is C15H20N4S. The maximum Gasteiger partial charge on any atom is 0.115 e. The molecule has 2 heterocycles. The lowest BCUT2D eigenvalue weighted by Crippen LogP contribution is -2.24. The van der Waals surface area contributed by atoms with E-state index in [1.807, 2.05) is 29.3 Å². The predicted octanol–water partition coefficient (Wildman–Crippen LogP) is 2.60. The van der Waals surface area contributed by atoms with E-state index >= 15 is 0 Å². The van der Waals surface area contributed by atoms with Gasteiger partial charge in [-0.25, -0.2) is 4.98 Å². The van der Waals surface area contributed by atoms with Gasteiger partial charge in [-0.2, -0.15) is 5.10 Å². The summed E-state index contributed by atoms with van der Waals surface area (Å²) >= 11 is 1.91. The van der Waals surface area contributed by atoms with Crippen molar-refractivity contribution in [2.75, 3.05) is 0 Å². The first-order valence-corrected chi connectivity index (χ1v) is 8.34. The average molecular weight is 288 g/mol. The quantitative estimate of drug-likeness (QED) is 0.940. The number of fused-ring (bicyclic) bond motifs is 1. The molecule has 0 saturated heterocycles. The Labute approximate surface area is 123 Å².